The highest BCUT2D eigenvalue weighted by molar-refractivity contribution is 6.03. The summed E-state index contributed by atoms with van der Waals surface area (Å²) in [7, 11) is 0.911. The molecule has 7 nitrogen and oxygen atoms in total. The first-order chi connectivity index (χ1) is 13.4. The van der Waals surface area contributed by atoms with Crippen molar-refractivity contribution in [3.8, 4) is 0 Å². The minimum Gasteiger partial charge on any atom is -0.465 e. The summed E-state index contributed by atoms with van der Waals surface area (Å²) in [5.41, 5.74) is -3.86. The Balaban J connectivity index is 2.46. The maximum atomic E-state index is 13.0. The molecule has 0 aliphatic heterocycles. The fraction of sp³-hybridized carbons (Fsp3) is 0.316. The van der Waals surface area contributed by atoms with E-state index in [0.717, 1.165) is 13.2 Å². The summed E-state index contributed by atoms with van der Waals surface area (Å²) in [6.45, 7) is 2.80. The molecule has 1 heterocycles. The van der Waals surface area contributed by atoms with E-state index in [4.69, 9.17) is 0 Å². The molecule has 0 radical (unpaired) electrons. The lowest BCUT2D eigenvalue weighted by Crippen LogP contribution is -2.52. The van der Waals surface area contributed by atoms with Crippen molar-refractivity contribution in [2.45, 2.75) is 32.0 Å². The summed E-state index contributed by atoms with van der Waals surface area (Å²) in [5.74, 6) is -0.818. The second kappa shape index (κ2) is 7.98. The maximum Gasteiger partial charge on any atom is 0.434 e. The summed E-state index contributed by atoms with van der Waals surface area (Å²) in [4.78, 5) is 42.1. The van der Waals surface area contributed by atoms with E-state index in [0.29, 0.717) is 11.0 Å². The Morgan fingerprint density at radius 2 is 1.69 bits per heavy atom. The molecule has 0 atom stereocenters. The number of aromatic nitrogens is 1. The molecule has 0 saturated carbocycles. The molecule has 1 aromatic carbocycles. The second-order valence-electron chi connectivity index (χ2n) is 6.80. The van der Waals surface area contributed by atoms with Crippen molar-refractivity contribution >= 4 is 12.0 Å². The topological polar surface area (TPSA) is 88.8 Å². The standard InChI is InChI=1S/C19H19F3N2O5/c1-18(2,23(17(27)28)15(25)12-7-5-4-6-8-12)11-13-9-10-14(19(20,21)22)24(29-3)16(13)26/h4-10H,11H2,1-3H3,(H,27,28). The van der Waals surface area contributed by atoms with Gasteiger partial charge in [0.25, 0.3) is 11.5 Å². The zero-order chi connectivity index (χ0) is 22.0. The van der Waals surface area contributed by atoms with Crippen molar-refractivity contribution in [2.75, 3.05) is 7.11 Å². The van der Waals surface area contributed by atoms with Crippen molar-refractivity contribution in [3.05, 3.63) is 69.6 Å². The largest absolute Gasteiger partial charge is 0.465 e. The molecule has 0 unspecified atom stereocenters. The number of nitrogens with zero attached hydrogens (tertiary/aromatic N) is 2. The van der Waals surface area contributed by atoms with Crippen LogP contribution in [0.4, 0.5) is 18.0 Å². The SMILES string of the molecule is COn1c(C(F)(F)F)ccc(CC(C)(C)N(C(=O)O)C(=O)c2ccccc2)c1=O. The average Bonchev–Trinajstić information content (AvgIpc) is 2.62. The number of hydrogen-bond acceptors (Lipinski definition) is 4. The lowest BCUT2D eigenvalue weighted by Gasteiger charge is -2.35. The number of amides is 2. The van der Waals surface area contributed by atoms with Gasteiger partial charge in [0.2, 0.25) is 0 Å². The Labute approximate surface area is 163 Å². The maximum absolute atomic E-state index is 13.0. The van der Waals surface area contributed by atoms with Gasteiger partial charge >= 0.3 is 12.3 Å². The van der Waals surface area contributed by atoms with Gasteiger partial charge in [-0.25, -0.2) is 9.69 Å². The van der Waals surface area contributed by atoms with Gasteiger partial charge in [-0.2, -0.15) is 13.2 Å². The van der Waals surface area contributed by atoms with Gasteiger partial charge in [0, 0.05) is 17.5 Å². The summed E-state index contributed by atoms with van der Waals surface area (Å²) in [6, 6.07) is 9.27. The van der Waals surface area contributed by atoms with Gasteiger partial charge in [0.15, 0.2) is 5.69 Å². The smallest absolute Gasteiger partial charge is 0.434 e. The number of carbonyl (C=O) groups is 2. The number of rotatable bonds is 5. The van der Waals surface area contributed by atoms with Crippen LogP contribution in [0.2, 0.25) is 0 Å². The van der Waals surface area contributed by atoms with E-state index in [2.05, 4.69) is 4.84 Å². The third-order valence-electron chi connectivity index (χ3n) is 4.24. The first-order valence-electron chi connectivity index (χ1n) is 8.39. The molecule has 0 bridgehead atoms. The molecule has 10 heteroatoms. The molecule has 0 spiro atoms. The van der Waals surface area contributed by atoms with Gasteiger partial charge in [-0.1, -0.05) is 24.3 Å². The number of carboxylic acid groups (broad SMARTS) is 1. The Bertz CT molecular complexity index is 968. The molecule has 2 aromatic rings. The molecule has 29 heavy (non-hydrogen) atoms. The lowest BCUT2D eigenvalue weighted by atomic mass is 9.93. The van der Waals surface area contributed by atoms with Gasteiger partial charge in [-0.3, -0.25) is 9.59 Å². The third-order valence-corrected chi connectivity index (χ3v) is 4.24. The van der Waals surface area contributed by atoms with Crippen LogP contribution in [0, 0.1) is 0 Å². The summed E-state index contributed by atoms with van der Waals surface area (Å²) < 4.78 is 39.2. The number of alkyl halides is 3. The van der Waals surface area contributed by atoms with Crippen molar-refractivity contribution in [3.63, 3.8) is 0 Å². The normalized spacial score (nSPS) is 11.8. The number of hydrogen-bond donors (Lipinski definition) is 1. The Morgan fingerprint density at radius 3 is 2.17 bits per heavy atom. The van der Waals surface area contributed by atoms with E-state index in [-0.39, 0.29) is 22.3 Å². The van der Waals surface area contributed by atoms with E-state index >= 15 is 0 Å². The van der Waals surface area contributed by atoms with Crippen molar-refractivity contribution in [2.24, 2.45) is 0 Å². The highest BCUT2D eigenvalue weighted by Crippen LogP contribution is 2.29. The Hall–Kier alpha value is -3.30. The molecule has 1 aromatic heterocycles. The van der Waals surface area contributed by atoms with Crippen LogP contribution in [-0.4, -0.2) is 39.4 Å². The minimum atomic E-state index is -4.82. The molecular formula is C19H19F3N2O5. The predicted octanol–water partition coefficient (Wildman–Crippen LogP) is 3.07. The van der Waals surface area contributed by atoms with Crippen LogP contribution in [0.15, 0.2) is 47.3 Å². The predicted molar refractivity (Wildman–Crippen MR) is 96.6 cm³/mol. The highest BCUT2D eigenvalue weighted by Gasteiger charge is 2.39. The minimum absolute atomic E-state index is 0.0928. The van der Waals surface area contributed by atoms with E-state index in [9.17, 15) is 32.7 Å². The van der Waals surface area contributed by atoms with Crippen LogP contribution in [0.1, 0.15) is 35.5 Å². The van der Waals surface area contributed by atoms with Crippen LogP contribution >= 0.6 is 0 Å². The van der Waals surface area contributed by atoms with Crippen molar-refractivity contribution in [1.29, 1.82) is 0 Å². The first-order valence-corrected chi connectivity index (χ1v) is 8.39. The summed E-state index contributed by atoms with van der Waals surface area (Å²) in [5, 5.41) is 9.59. The molecule has 156 valence electrons. The van der Waals surface area contributed by atoms with E-state index < -0.39 is 35.0 Å². The quantitative estimate of drug-likeness (QED) is 0.816. The average molecular weight is 412 g/mol. The fourth-order valence-corrected chi connectivity index (χ4v) is 2.96. The van der Waals surface area contributed by atoms with Gasteiger partial charge in [0.1, 0.15) is 7.11 Å². The second-order valence-corrected chi connectivity index (χ2v) is 6.80. The number of carbonyl (C=O) groups excluding carboxylic acids is 1. The Morgan fingerprint density at radius 1 is 1.10 bits per heavy atom. The number of halogens is 3. The Kier molecular flexibility index (Phi) is 6.05. The van der Waals surface area contributed by atoms with Crippen molar-refractivity contribution in [1.82, 2.24) is 9.63 Å². The molecule has 2 rings (SSSR count). The fourth-order valence-electron chi connectivity index (χ4n) is 2.96. The molecular weight excluding hydrogens is 393 g/mol. The third kappa shape index (κ3) is 4.58. The summed E-state index contributed by atoms with van der Waals surface area (Å²) in [6.07, 6.45) is -6.69. The molecule has 0 aliphatic rings. The summed E-state index contributed by atoms with van der Waals surface area (Å²) >= 11 is 0. The molecule has 0 aliphatic carbocycles. The number of imide groups is 1. The molecule has 0 fully saturated rings. The van der Waals surface area contributed by atoms with Crippen molar-refractivity contribution < 1.29 is 32.7 Å². The van der Waals surface area contributed by atoms with Crippen LogP contribution in [-0.2, 0) is 12.6 Å². The van der Waals surface area contributed by atoms with Crippen LogP contribution < -0.4 is 10.4 Å². The molecule has 2 amide bonds. The van der Waals surface area contributed by atoms with Crippen LogP contribution in [0.25, 0.3) is 0 Å². The van der Waals surface area contributed by atoms with E-state index in [1.165, 1.54) is 26.0 Å². The van der Waals surface area contributed by atoms with Gasteiger partial charge < -0.3 is 9.94 Å². The monoisotopic (exact) mass is 412 g/mol. The van der Waals surface area contributed by atoms with E-state index in [1.807, 2.05) is 0 Å². The zero-order valence-electron chi connectivity index (χ0n) is 15.9. The lowest BCUT2D eigenvalue weighted by molar-refractivity contribution is -0.151. The van der Waals surface area contributed by atoms with Crippen LogP contribution in [0.5, 0.6) is 0 Å². The van der Waals surface area contributed by atoms with Gasteiger partial charge in [-0.05, 0) is 32.0 Å². The van der Waals surface area contributed by atoms with Crippen LogP contribution in [0.3, 0.4) is 0 Å². The molecule has 0 saturated heterocycles. The number of pyridine rings is 1. The van der Waals surface area contributed by atoms with Gasteiger partial charge in [0.05, 0.1) is 5.54 Å². The highest BCUT2D eigenvalue weighted by atomic mass is 19.4. The number of benzene rings is 1. The molecule has 1 N–H and O–H groups in total. The van der Waals surface area contributed by atoms with Gasteiger partial charge in [-0.15, -0.1) is 4.73 Å². The van der Waals surface area contributed by atoms with E-state index in [1.54, 1.807) is 18.2 Å². The zero-order valence-corrected chi connectivity index (χ0v) is 15.9. The first kappa shape index (κ1) is 22.0.